The van der Waals surface area contributed by atoms with E-state index in [-0.39, 0.29) is 0 Å². The van der Waals surface area contributed by atoms with E-state index < -0.39 is 0 Å². The summed E-state index contributed by atoms with van der Waals surface area (Å²) < 4.78 is 11.4. The quantitative estimate of drug-likeness (QED) is 0.200. The zero-order chi connectivity index (χ0) is 29.5. The maximum absolute atomic E-state index is 6.33. The van der Waals surface area contributed by atoms with Gasteiger partial charge in [0.15, 0.2) is 0 Å². The van der Waals surface area contributed by atoms with Gasteiger partial charge in [-0.1, -0.05) is 97.1 Å². The normalized spacial score (nSPS) is 12.0. The van der Waals surface area contributed by atoms with Gasteiger partial charge in [-0.3, -0.25) is 0 Å². The number of thiophene rings is 1. The highest BCUT2D eigenvalue weighted by atomic mass is 32.1. The summed E-state index contributed by atoms with van der Waals surface area (Å²) in [6.45, 7) is 0. The fourth-order valence-electron chi connectivity index (χ4n) is 7.12. The Morgan fingerprint density at radius 2 is 1.09 bits per heavy atom. The maximum Gasteiger partial charge on any atom is 0.137 e. The molecule has 3 heterocycles. The van der Waals surface area contributed by atoms with E-state index in [1.807, 2.05) is 17.4 Å². The number of hydrogen-bond donors (Lipinski definition) is 0. The largest absolute Gasteiger partial charge is 0.456 e. The molecule has 0 saturated carbocycles. The van der Waals surface area contributed by atoms with Gasteiger partial charge in [0.25, 0.3) is 0 Å². The predicted molar refractivity (Wildman–Crippen MR) is 192 cm³/mol. The first-order valence-electron chi connectivity index (χ1n) is 15.3. The van der Waals surface area contributed by atoms with Crippen molar-refractivity contribution in [2.24, 2.45) is 0 Å². The molecule has 0 spiro atoms. The van der Waals surface area contributed by atoms with Gasteiger partial charge < -0.3 is 8.98 Å². The van der Waals surface area contributed by atoms with Crippen LogP contribution in [0.2, 0.25) is 0 Å². The fraction of sp³-hybridized carbons (Fsp3) is 0. The van der Waals surface area contributed by atoms with Gasteiger partial charge in [-0.25, -0.2) is 0 Å². The molecule has 3 aromatic heterocycles. The number of rotatable bonds is 3. The third kappa shape index (κ3) is 3.68. The Bertz CT molecular complexity index is 2760. The van der Waals surface area contributed by atoms with Gasteiger partial charge in [-0.2, -0.15) is 0 Å². The lowest BCUT2D eigenvalue weighted by atomic mass is 10.00. The van der Waals surface area contributed by atoms with Crippen LogP contribution in [0.4, 0.5) is 0 Å². The molecule has 7 aromatic carbocycles. The zero-order valence-electron chi connectivity index (χ0n) is 24.2. The number of hydrogen-bond acceptors (Lipinski definition) is 2. The highest BCUT2D eigenvalue weighted by molar-refractivity contribution is 7.25. The van der Waals surface area contributed by atoms with Gasteiger partial charge in [0.05, 0.1) is 22.1 Å². The summed E-state index contributed by atoms with van der Waals surface area (Å²) in [5, 5.41) is 7.38. The molecule has 10 rings (SSSR count). The van der Waals surface area contributed by atoms with E-state index in [9.17, 15) is 0 Å². The van der Waals surface area contributed by atoms with E-state index in [2.05, 4.69) is 150 Å². The molecule has 3 heteroatoms. The lowest BCUT2D eigenvalue weighted by Gasteiger charge is -2.11. The molecule has 0 aliphatic rings. The van der Waals surface area contributed by atoms with Crippen LogP contribution in [0, 0.1) is 0 Å². The van der Waals surface area contributed by atoms with E-state index in [4.69, 9.17) is 4.42 Å². The van der Waals surface area contributed by atoms with Crippen molar-refractivity contribution >= 4 is 75.3 Å². The Balaban J connectivity index is 1.27. The second kappa shape index (κ2) is 9.43. The first-order chi connectivity index (χ1) is 22.3. The van der Waals surface area contributed by atoms with Crippen molar-refractivity contribution in [2.75, 3.05) is 0 Å². The van der Waals surface area contributed by atoms with Crippen molar-refractivity contribution in [3.63, 3.8) is 0 Å². The van der Waals surface area contributed by atoms with Crippen LogP contribution in [0.25, 0.3) is 91.9 Å². The van der Waals surface area contributed by atoms with E-state index in [1.165, 1.54) is 64.2 Å². The summed E-state index contributed by atoms with van der Waals surface area (Å²) in [5.74, 6) is 0. The molecule has 0 aliphatic carbocycles. The number of benzene rings is 7. The highest BCUT2D eigenvalue weighted by Crippen LogP contribution is 2.42. The molecule has 10 aromatic rings. The van der Waals surface area contributed by atoms with Crippen LogP contribution in [0.15, 0.2) is 156 Å². The molecule has 0 radical (unpaired) electrons. The number of furan rings is 1. The maximum atomic E-state index is 6.33. The van der Waals surface area contributed by atoms with Crippen LogP contribution >= 0.6 is 11.3 Å². The molecule has 0 aliphatic heterocycles. The number of fused-ring (bicyclic) bond motifs is 9. The summed E-state index contributed by atoms with van der Waals surface area (Å²) in [6.07, 6.45) is 0. The van der Waals surface area contributed by atoms with Crippen molar-refractivity contribution in [3.8, 4) is 27.9 Å². The molecule has 0 unspecified atom stereocenters. The lowest BCUT2D eigenvalue weighted by Crippen LogP contribution is -1.95. The van der Waals surface area contributed by atoms with Crippen LogP contribution in [0.1, 0.15) is 0 Å². The molecular formula is C42H25NOS. The van der Waals surface area contributed by atoms with Crippen LogP contribution in [0.3, 0.4) is 0 Å². The predicted octanol–water partition coefficient (Wildman–Crippen LogP) is 12.4. The average Bonchev–Trinajstić information content (AvgIpc) is 3.77. The Hall–Kier alpha value is -5.64. The van der Waals surface area contributed by atoms with Crippen molar-refractivity contribution in [1.82, 2.24) is 4.57 Å². The van der Waals surface area contributed by atoms with E-state index in [1.54, 1.807) is 0 Å². The molecule has 0 amide bonds. The third-order valence-corrected chi connectivity index (χ3v) is 10.4. The molecule has 0 bridgehead atoms. The molecule has 0 fully saturated rings. The SMILES string of the molecule is c1ccc(-c2ccc3c4cc(-c5ccc6sc7ccccc7c6c5)ccc4n(-c4cccc5oc6ccccc6c45)c3c2)cc1. The molecule has 2 nitrogen and oxygen atoms in total. The first-order valence-corrected chi connectivity index (χ1v) is 16.1. The monoisotopic (exact) mass is 591 g/mol. The van der Waals surface area contributed by atoms with E-state index in [0.29, 0.717) is 0 Å². The topological polar surface area (TPSA) is 18.1 Å². The molecule has 0 N–H and O–H groups in total. The van der Waals surface area contributed by atoms with Crippen molar-refractivity contribution in [3.05, 3.63) is 152 Å². The second-order valence-corrected chi connectivity index (χ2v) is 12.8. The Labute approximate surface area is 263 Å². The van der Waals surface area contributed by atoms with Crippen LogP contribution < -0.4 is 0 Å². The Morgan fingerprint density at radius 3 is 2.00 bits per heavy atom. The number of aromatic nitrogens is 1. The minimum atomic E-state index is 0.899. The zero-order valence-corrected chi connectivity index (χ0v) is 25.0. The summed E-state index contributed by atoms with van der Waals surface area (Å²) in [7, 11) is 0. The molecular weight excluding hydrogens is 567 g/mol. The van der Waals surface area contributed by atoms with Gasteiger partial charge in [0.1, 0.15) is 11.2 Å². The highest BCUT2D eigenvalue weighted by Gasteiger charge is 2.19. The third-order valence-electron chi connectivity index (χ3n) is 9.20. The van der Waals surface area contributed by atoms with Crippen LogP contribution in [-0.2, 0) is 0 Å². The molecule has 45 heavy (non-hydrogen) atoms. The van der Waals surface area contributed by atoms with Gasteiger partial charge in [0.2, 0.25) is 0 Å². The smallest absolute Gasteiger partial charge is 0.137 e. The van der Waals surface area contributed by atoms with Crippen molar-refractivity contribution in [1.29, 1.82) is 0 Å². The average molecular weight is 592 g/mol. The summed E-state index contributed by atoms with van der Waals surface area (Å²) >= 11 is 1.86. The summed E-state index contributed by atoms with van der Waals surface area (Å²) in [4.78, 5) is 0. The molecule has 0 atom stereocenters. The van der Waals surface area contributed by atoms with Gasteiger partial charge in [-0.15, -0.1) is 11.3 Å². The van der Waals surface area contributed by atoms with Crippen molar-refractivity contribution < 1.29 is 4.42 Å². The van der Waals surface area contributed by atoms with Gasteiger partial charge >= 0.3 is 0 Å². The first kappa shape index (κ1) is 24.8. The van der Waals surface area contributed by atoms with Crippen molar-refractivity contribution in [2.45, 2.75) is 0 Å². The van der Waals surface area contributed by atoms with E-state index in [0.717, 1.165) is 27.6 Å². The number of nitrogens with zero attached hydrogens (tertiary/aromatic N) is 1. The van der Waals surface area contributed by atoms with Crippen LogP contribution in [0.5, 0.6) is 0 Å². The number of para-hydroxylation sites is 1. The summed E-state index contributed by atoms with van der Waals surface area (Å²) in [6, 6.07) is 54.8. The van der Waals surface area contributed by atoms with E-state index >= 15 is 0 Å². The summed E-state index contributed by atoms with van der Waals surface area (Å²) in [5.41, 5.74) is 10.2. The second-order valence-electron chi connectivity index (χ2n) is 11.7. The Morgan fingerprint density at radius 1 is 0.400 bits per heavy atom. The van der Waals surface area contributed by atoms with Gasteiger partial charge in [-0.05, 0) is 76.9 Å². The molecule has 210 valence electrons. The fourth-order valence-corrected chi connectivity index (χ4v) is 8.20. The lowest BCUT2D eigenvalue weighted by molar-refractivity contribution is 0.669. The van der Waals surface area contributed by atoms with Crippen LogP contribution in [-0.4, -0.2) is 4.57 Å². The minimum absolute atomic E-state index is 0.899. The van der Waals surface area contributed by atoms with Gasteiger partial charge in [0, 0.05) is 36.3 Å². The standard InChI is InChI=1S/C42H25NOS/c1-2-9-26(10-3-1)29-17-20-30-33-23-27(28-19-22-41-34(24-28)31-11-5-7-16-40(31)45-41)18-21-35(33)43(37(30)25-29)36-13-8-15-39-42(36)32-12-4-6-14-38(32)44-39/h1-25H. The minimum Gasteiger partial charge on any atom is -0.456 e. The molecule has 0 saturated heterocycles. The Kier molecular flexibility index (Phi) is 5.19.